The summed E-state index contributed by atoms with van der Waals surface area (Å²) >= 11 is 0. The van der Waals surface area contributed by atoms with Gasteiger partial charge in [-0.2, -0.15) is 0 Å². The Bertz CT molecular complexity index is 601. The third-order valence-electron chi connectivity index (χ3n) is 5.26. The van der Waals surface area contributed by atoms with E-state index < -0.39 is 0 Å². The molecule has 1 aromatic rings. The zero-order chi connectivity index (χ0) is 17.6. The number of nitrogens with zero attached hydrogens (tertiary/aromatic N) is 6. The Morgan fingerprint density at radius 2 is 2.12 bits per heavy atom. The fourth-order valence-electron chi connectivity index (χ4n) is 3.67. The van der Waals surface area contributed by atoms with Crippen molar-refractivity contribution in [3.8, 4) is 0 Å². The molecule has 0 aromatic carbocycles. The summed E-state index contributed by atoms with van der Waals surface area (Å²) in [6, 6.07) is 0. The lowest BCUT2D eigenvalue weighted by molar-refractivity contribution is 0.281. The highest BCUT2D eigenvalue weighted by molar-refractivity contribution is 5.80. The summed E-state index contributed by atoms with van der Waals surface area (Å²) in [5, 5.41) is 11.7. The Kier molecular flexibility index (Phi) is 6.07. The van der Waals surface area contributed by atoms with Crippen LogP contribution in [-0.4, -0.2) is 69.8 Å². The van der Waals surface area contributed by atoms with E-state index in [0.29, 0.717) is 6.54 Å². The van der Waals surface area contributed by atoms with E-state index in [1.807, 2.05) is 24.6 Å². The van der Waals surface area contributed by atoms with Crippen LogP contribution in [0, 0.1) is 12.8 Å². The summed E-state index contributed by atoms with van der Waals surface area (Å²) in [5.74, 6) is 3.51. The van der Waals surface area contributed by atoms with Crippen LogP contribution < -0.4 is 5.32 Å². The molecule has 2 saturated heterocycles. The largest absolute Gasteiger partial charge is 0.353 e. The molecule has 138 valence electrons. The molecule has 1 aromatic heterocycles. The molecule has 7 nitrogen and oxygen atoms in total. The van der Waals surface area contributed by atoms with Crippen molar-refractivity contribution in [3.05, 3.63) is 24.3 Å². The van der Waals surface area contributed by atoms with Crippen molar-refractivity contribution < 1.29 is 0 Å². The number of nitrogens with one attached hydrogen (secondary N) is 1. The zero-order valence-corrected chi connectivity index (χ0v) is 15.6. The highest BCUT2D eigenvalue weighted by atomic mass is 15.3. The van der Waals surface area contributed by atoms with E-state index in [4.69, 9.17) is 4.99 Å². The minimum Gasteiger partial charge on any atom is -0.353 e. The molecule has 3 heterocycles. The van der Waals surface area contributed by atoms with E-state index in [1.165, 1.54) is 38.9 Å². The lowest BCUT2D eigenvalue weighted by Crippen LogP contribution is -2.41. The topological polar surface area (TPSA) is 61.6 Å². The van der Waals surface area contributed by atoms with Crippen LogP contribution in [0.15, 0.2) is 17.6 Å². The van der Waals surface area contributed by atoms with E-state index in [2.05, 4.69) is 31.9 Å². The van der Waals surface area contributed by atoms with Crippen LogP contribution in [0.2, 0.25) is 0 Å². The Labute approximate surface area is 150 Å². The lowest BCUT2D eigenvalue weighted by atomic mass is 10.1. The number of rotatable bonds is 6. The Morgan fingerprint density at radius 1 is 1.32 bits per heavy atom. The molecule has 0 bridgehead atoms. The summed E-state index contributed by atoms with van der Waals surface area (Å²) in [7, 11) is 1.99. The van der Waals surface area contributed by atoms with Gasteiger partial charge in [-0.1, -0.05) is 6.08 Å². The molecule has 1 atom stereocenters. The normalized spacial score (nSPS) is 21.9. The van der Waals surface area contributed by atoms with Crippen LogP contribution in [0.3, 0.4) is 0 Å². The van der Waals surface area contributed by atoms with Gasteiger partial charge in [0, 0.05) is 33.2 Å². The molecule has 7 heteroatoms. The van der Waals surface area contributed by atoms with E-state index in [9.17, 15) is 0 Å². The molecule has 1 unspecified atom stereocenters. The Morgan fingerprint density at radius 3 is 2.80 bits per heavy atom. The number of guanidine groups is 1. The lowest BCUT2D eigenvalue weighted by Gasteiger charge is -2.23. The van der Waals surface area contributed by atoms with Gasteiger partial charge in [0.15, 0.2) is 11.8 Å². The first-order chi connectivity index (χ1) is 12.2. The molecule has 0 radical (unpaired) electrons. The van der Waals surface area contributed by atoms with E-state index >= 15 is 0 Å². The monoisotopic (exact) mass is 345 g/mol. The van der Waals surface area contributed by atoms with Gasteiger partial charge in [0.25, 0.3) is 0 Å². The first-order valence-electron chi connectivity index (χ1n) is 9.38. The predicted octanol–water partition coefficient (Wildman–Crippen LogP) is 1.17. The first-order valence-corrected chi connectivity index (χ1v) is 9.38. The molecule has 0 aliphatic carbocycles. The molecule has 2 aliphatic rings. The van der Waals surface area contributed by atoms with Gasteiger partial charge in [0.05, 0.1) is 0 Å². The van der Waals surface area contributed by atoms with Crippen LogP contribution in [0.5, 0.6) is 0 Å². The average Bonchev–Trinajstić information content (AvgIpc) is 3.34. The fraction of sp³-hybridized carbons (Fsp3) is 0.722. The minimum absolute atomic E-state index is 0.546. The maximum atomic E-state index is 4.80. The van der Waals surface area contributed by atoms with E-state index in [-0.39, 0.29) is 0 Å². The van der Waals surface area contributed by atoms with Crippen molar-refractivity contribution in [1.29, 1.82) is 0 Å². The Balaban J connectivity index is 1.60. The van der Waals surface area contributed by atoms with Crippen molar-refractivity contribution in [3.63, 3.8) is 0 Å². The number of aryl methyl sites for hydroxylation is 1. The second-order valence-electron chi connectivity index (χ2n) is 7.14. The van der Waals surface area contributed by atoms with Crippen molar-refractivity contribution in [1.82, 2.24) is 29.9 Å². The molecule has 0 spiro atoms. The zero-order valence-electron chi connectivity index (χ0n) is 15.6. The molecule has 1 N–H and O–H groups in total. The molecule has 3 rings (SSSR count). The maximum Gasteiger partial charge on any atom is 0.194 e. The van der Waals surface area contributed by atoms with Crippen LogP contribution >= 0.6 is 0 Å². The summed E-state index contributed by atoms with van der Waals surface area (Å²) in [6.07, 6.45) is 5.84. The molecule has 2 aliphatic heterocycles. The first kappa shape index (κ1) is 17.9. The smallest absolute Gasteiger partial charge is 0.194 e. The van der Waals surface area contributed by atoms with Gasteiger partial charge in [0.2, 0.25) is 0 Å². The quantitative estimate of drug-likeness (QED) is 0.476. The minimum atomic E-state index is 0.546. The highest BCUT2D eigenvalue weighted by Crippen LogP contribution is 2.20. The number of likely N-dealkylation sites (tertiary alicyclic amines) is 2. The van der Waals surface area contributed by atoms with Crippen molar-refractivity contribution >= 4 is 5.96 Å². The molecule has 2 fully saturated rings. The fourth-order valence-corrected chi connectivity index (χ4v) is 3.67. The summed E-state index contributed by atoms with van der Waals surface area (Å²) in [5.41, 5.74) is 0. The van der Waals surface area contributed by atoms with Gasteiger partial charge in [-0.05, 0) is 45.2 Å². The highest BCUT2D eigenvalue weighted by Gasteiger charge is 2.27. The number of hydrogen-bond donors (Lipinski definition) is 1. The SMILES string of the molecule is C=CCNC(=NCc1nnc(C)n1C)N1CCC(CN2CCCC2)C1. The van der Waals surface area contributed by atoms with Crippen LogP contribution in [-0.2, 0) is 13.6 Å². The van der Waals surface area contributed by atoms with Gasteiger partial charge < -0.3 is 19.7 Å². The van der Waals surface area contributed by atoms with E-state index in [0.717, 1.165) is 43.2 Å². The number of aromatic nitrogens is 3. The molecule has 25 heavy (non-hydrogen) atoms. The third-order valence-corrected chi connectivity index (χ3v) is 5.26. The summed E-state index contributed by atoms with van der Waals surface area (Å²) in [4.78, 5) is 9.80. The standard InChI is InChI=1S/C18H31N7/c1-4-8-19-18(20-12-17-22-21-15(2)23(17)3)25-11-7-16(14-25)13-24-9-5-6-10-24/h4,16H,1,5-14H2,2-3H3,(H,19,20). The Hall–Kier alpha value is -1.89. The van der Waals surface area contributed by atoms with Gasteiger partial charge in [-0.15, -0.1) is 16.8 Å². The second kappa shape index (κ2) is 8.47. The molecular weight excluding hydrogens is 314 g/mol. The van der Waals surface area contributed by atoms with E-state index in [1.54, 1.807) is 0 Å². The average molecular weight is 345 g/mol. The van der Waals surface area contributed by atoms with Crippen LogP contribution in [0.4, 0.5) is 0 Å². The number of aliphatic imine (C=N–C) groups is 1. The summed E-state index contributed by atoms with van der Waals surface area (Å²) < 4.78 is 1.99. The molecule has 0 amide bonds. The van der Waals surface area contributed by atoms with Gasteiger partial charge in [0.1, 0.15) is 12.4 Å². The van der Waals surface area contributed by atoms with Crippen molar-refractivity contribution in [2.24, 2.45) is 18.0 Å². The van der Waals surface area contributed by atoms with Crippen molar-refractivity contribution in [2.75, 3.05) is 39.3 Å². The predicted molar refractivity (Wildman–Crippen MR) is 100 cm³/mol. The third kappa shape index (κ3) is 4.60. The maximum absolute atomic E-state index is 4.80. The molecular formula is C18H31N7. The van der Waals surface area contributed by atoms with Crippen LogP contribution in [0.1, 0.15) is 30.9 Å². The van der Waals surface area contributed by atoms with Gasteiger partial charge >= 0.3 is 0 Å². The van der Waals surface area contributed by atoms with Crippen molar-refractivity contribution in [2.45, 2.75) is 32.7 Å². The molecule has 0 saturated carbocycles. The van der Waals surface area contributed by atoms with Gasteiger partial charge in [-0.25, -0.2) is 4.99 Å². The number of hydrogen-bond acceptors (Lipinski definition) is 4. The second-order valence-corrected chi connectivity index (χ2v) is 7.14. The van der Waals surface area contributed by atoms with Crippen LogP contribution in [0.25, 0.3) is 0 Å². The summed E-state index contributed by atoms with van der Waals surface area (Å²) in [6.45, 7) is 13.0. The van der Waals surface area contributed by atoms with Gasteiger partial charge in [-0.3, -0.25) is 0 Å².